The van der Waals surface area contributed by atoms with Gasteiger partial charge in [0.15, 0.2) is 0 Å². The average Bonchev–Trinajstić information content (AvgIpc) is 3.27. The van der Waals surface area contributed by atoms with Crippen molar-refractivity contribution in [1.82, 2.24) is 4.57 Å². The fourth-order valence-corrected chi connectivity index (χ4v) is 5.78. The fraction of sp³-hybridized carbons (Fsp3) is 0.0625. The van der Waals surface area contributed by atoms with E-state index in [1.54, 1.807) is 12.1 Å². The van der Waals surface area contributed by atoms with Gasteiger partial charge in [-0.15, -0.1) is 0 Å². The Labute approximate surface area is 208 Å². The molecule has 0 fully saturated rings. The Morgan fingerprint density at radius 2 is 1.33 bits per heavy atom. The standard InChI is InChI=1S/C32H22N2O2/c35-34(36)28-14-5-4-13-27(28)25-18-24-17-16-22-10-7-15-29-31(22)32(24)30(20-25)33(29)26-12-6-11-23(19-26)21-8-2-1-3-9-21/h1-15,18-20H,16-17H2. The van der Waals surface area contributed by atoms with Gasteiger partial charge >= 0.3 is 0 Å². The first-order valence-corrected chi connectivity index (χ1v) is 12.2. The minimum absolute atomic E-state index is 0.134. The van der Waals surface area contributed by atoms with E-state index in [9.17, 15) is 10.1 Å². The van der Waals surface area contributed by atoms with Crippen LogP contribution in [0.5, 0.6) is 0 Å². The third kappa shape index (κ3) is 3.08. The first-order valence-electron chi connectivity index (χ1n) is 12.2. The highest BCUT2D eigenvalue weighted by Gasteiger charge is 2.24. The monoisotopic (exact) mass is 466 g/mol. The Morgan fingerprint density at radius 1 is 0.611 bits per heavy atom. The highest BCUT2D eigenvalue weighted by Crippen LogP contribution is 2.43. The Balaban J connectivity index is 1.56. The summed E-state index contributed by atoms with van der Waals surface area (Å²) in [5.74, 6) is 0. The smallest absolute Gasteiger partial charge is 0.277 e. The van der Waals surface area contributed by atoms with Crippen LogP contribution in [-0.2, 0) is 12.8 Å². The second-order valence-corrected chi connectivity index (χ2v) is 9.37. The molecule has 0 saturated carbocycles. The van der Waals surface area contributed by atoms with Crippen LogP contribution in [0.3, 0.4) is 0 Å². The molecule has 0 bridgehead atoms. The number of para-hydroxylation sites is 1. The second kappa shape index (κ2) is 7.92. The predicted octanol–water partition coefficient (Wildman–Crippen LogP) is 8.12. The van der Waals surface area contributed by atoms with Gasteiger partial charge in [0.2, 0.25) is 0 Å². The van der Waals surface area contributed by atoms with Crippen molar-refractivity contribution in [3.05, 3.63) is 130 Å². The van der Waals surface area contributed by atoms with Gasteiger partial charge in [-0.25, -0.2) is 0 Å². The van der Waals surface area contributed by atoms with E-state index >= 15 is 0 Å². The molecular formula is C32H22N2O2. The summed E-state index contributed by atoms with van der Waals surface area (Å²) in [4.78, 5) is 11.5. The minimum atomic E-state index is -0.290. The molecule has 1 aliphatic rings. The number of aryl methyl sites for hydroxylation is 2. The van der Waals surface area contributed by atoms with Gasteiger partial charge in [-0.2, -0.15) is 0 Å². The summed E-state index contributed by atoms with van der Waals surface area (Å²) in [5, 5.41) is 14.4. The summed E-state index contributed by atoms with van der Waals surface area (Å²) in [6, 6.07) is 36.9. The lowest BCUT2D eigenvalue weighted by atomic mass is 9.88. The normalized spacial score (nSPS) is 12.4. The molecule has 36 heavy (non-hydrogen) atoms. The van der Waals surface area contributed by atoms with Gasteiger partial charge < -0.3 is 4.57 Å². The highest BCUT2D eigenvalue weighted by atomic mass is 16.6. The highest BCUT2D eigenvalue weighted by molar-refractivity contribution is 6.14. The molecule has 1 aliphatic carbocycles. The SMILES string of the molecule is O=[N+]([O-])c1ccccc1-c1cc2c3c4c(cccc4n(-c4cccc(-c5ccccc5)c4)c3c1)CC2. The lowest BCUT2D eigenvalue weighted by Gasteiger charge is -2.15. The predicted molar refractivity (Wildman–Crippen MR) is 146 cm³/mol. The molecular weight excluding hydrogens is 444 g/mol. The van der Waals surface area contributed by atoms with Gasteiger partial charge in [0.05, 0.1) is 21.5 Å². The van der Waals surface area contributed by atoms with Crippen molar-refractivity contribution in [3.8, 4) is 27.9 Å². The van der Waals surface area contributed by atoms with Gasteiger partial charge in [-0.1, -0.05) is 72.8 Å². The van der Waals surface area contributed by atoms with Crippen LogP contribution in [-0.4, -0.2) is 9.49 Å². The number of rotatable bonds is 4. The molecule has 1 heterocycles. The zero-order chi connectivity index (χ0) is 24.2. The largest absolute Gasteiger partial charge is 0.309 e. The molecule has 0 radical (unpaired) electrons. The summed E-state index contributed by atoms with van der Waals surface area (Å²) in [5.41, 5.74) is 9.97. The summed E-state index contributed by atoms with van der Waals surface area (Å²) in [7, 11) is 0. The number of hydrogen-bond donors (Lipinski definition) is 0. The summed E-state index contributed by atoms with van der Waals surface area (Å²) in [6.45, 7) is 0. The molecule has 172 valence electrons. The molecule has 0 aliphatic heterocycles. The molecule has 6 aromatic rings. The lowest BCUT2D eigenvalue weighted by Crippen LogP contribution is -1.99. The van der Waals surface area contributed by atoms with Crippen LogP contribution in [0.25, 0.3) is 49.7 Å². The van der Waals surface area contributed by atoms with E-state index < -0.39 is 0 Å². The molecule has 0 spiro atoms. The number of nitrogens with zero attached hydrogens (tertiary/aromatic N) is 2. The summed E-state index contributed by atoms with van der Waals surface area (Å²) in [6.07, 6.45) is 1.89. The van der Waals surface area contributed by atoms with Crippen LogP contribution < -0.4 is 0 Å². The first-order chi connectivity index (χ1) is 17.7. The third-order valence-electron chi connectivity index (χ3n) is 7.35. The van der Waals surface area contributed by atoms with Crippen LogP contribution in [0.2, 0.25) is 0 Å². The van der Waals surface area contributed by atoms with E-state index in [2.05, 4.69) is 83.4 Å². The van der Waals surface area contributed by atoms with Gasteiger partial charge in [-0.3, -0.25) is 10.1 Å². The van der Waals surface area contributed by atoms with Gasteiger partial charge in [-0.05, 0) is 71.0 Å². The quantitative estimate of drug-likeness (QED) is 0.194. The maximum atomic E-state index is 11.8. The topological polar surface area (TPSA) is 48.1 Å². The maximum absolute atomic E-state index is 11.8. The van der Waals surface area contributed by atoms with E-state index in [1.807, 2.05) is 18.2 Å². The third-order valence-corrected chi connectivity index (χ3v) is 7.35. The van der Waals surface area contributed by atoms with Crippen molar-refractivity contribution in [2.24, 2.45) is 0 Å². The van der Waals surface area contributed by atoms with Crippen molar-refractivity contribution in [2.75, 3.05) is 0 Å². The fourth-order valence-electron chi connectivity index (χ4n) is 5.78. The number of nitro benzene ring substituents is 1. The summed E-state index contributed by atoms with van der Waals surface area (Å²) < 4.78 is 2.33. The Bertz CT molecular complexity index is 1820. The van der Waals surface area contributed by atoms with Crippen LogP contribution >= 0.6 is 0 Å². The zero-order valence-electron chi connectivity index (χ0n) is 19.5. The molecule has 4 nitrogen and oxygen atoms in total. The lowest BCUT2D eigenvalue weighted by molar-refractivity contribution is -0.384. The Hall–Kier alpha value is -4.70. The molecule has 0 saturated heterocycles. The van der Waals surface area contributed by atoms with Crippen molar-refractivity contribution in [1.29, 1.82) is 0 Å². The molecule has 0 atom stereocenters. The van der Waals surface area contributed by atoms with Crippen LogP contribution in [0.15, 0.2) is 109 Å². The van der Waals surface area contributed by atoms with Gasteiger partial charge in [0.25, 0.3) is 5.69 Å². The molecule has 5 aromatic carbocycles. The molecule has 0 amide bonds. The molecule has 7 rings (SSSR count). The van der Waals surface area contributed by atoms with Crippen molar-refractivity contribution in [3.63, 3.8) is 0 Å². The number of nitro groups is 1. The minimum Gasteiger partial charge on any atom is -0.309 e. The molecule has 1 aromatic heterocycles. The molecule has 0 N–H and O–H groups in total. The average molecular weight is 467 g/mol. The zero-order valence-corrected chi connectivity index (χ0v) is 19.5. The number of hydrogen-bond acceptors (Lipinski definition) is 2. The van der Waals surface area contributed by atoms with Crippen LogP contribution in [0.1, 0.15) is 11.1 Å². The number of aromatic nitrogens is 1. The van der Waals surface area contributed by atoms with E-state index in [0.29, 0.717) is 5.56 Å². The number of benzene rings is 5. The first kappa shape index (κ1) is 20.7. The van der Waals surface area contributed by atoms with Crippen molar-refractivity contribution in [2.45, 2.75) is 12.8 Å². The van der Waals surface area contributed by atoms with Crippen molar-refractivity contribution < 1.29 is 4.92 Å². The van der Waals surface area contributed by atoms with Crippen LogP contribution in [0, 0.1) is 10.1 Å². The van der Waals surface area contributed by atoms with E-state index in [0.717, 1.165) is 35.2 Å². The van der Waals surface area contributed by atoms with Crippen LogP contribution in [0.4, 0.5) is 5.69 Å². The van der Waals surface area contributed by atoms with Crippen molar-refractivity contribution >= 4 is 27.5 Å². The van der Waals surface area contributed by atoms with Gasteiger partial charge in [0, 0.05) is 22.5 Å². The maximum Gasteiger partial charge on any atom is 0.277 e. The molecule has 4 heteroatoms. The van der Waals surface area contributed by atoms with E-state index in [1.165, 1.54) is 33.0 Å². The second-order valence-electron chi connectivity index (χ2n) is 9.37. The Kier molecular flexibility index (Phi) is 4.55. The summed E-state index contributed by atoms with van der Waals surface area (Å²) >= 11 is 0. The van der Waals surface area contributed by atoms with Gasteiger partial charge in [0.1, 0.15) is 0 Å². The molecule has 0 unspecified atom stereocenters. The van der Waals surface area contributed by atoms with E-state index in [-0.39, 0.29) is 10.6 Å². The van der Waals surface area contributed by atoms with E-state index in [4.69, 9.17) is 0 Å². The Morgan fingerprint density at radius 3 is 2.19 bits per heavy atom.